The second kappa shape index (κ2) is 6.16. The molecule has 2 heterocycles. The van der Waals surface area contributed by atoms with Gasteiger partial charge in [0.25, 0.3) is 0 Å². The number of anilines is 1. The number of nitrogens with zero attached hydrogens (tertiary/aromatic N) is 2. The van der Waals surface area contributed by atoms with Crippen molar-refractivity contribution in [2.75, 3.05) is 31.1 Å². The molecule has 2 rings (SSSR count). The van der Waals surface area contributed by atoms with Gasteiger partial charge in [-0.2, -0.15) is 0 Å². The van der Waals surface area contributed by atoms with Crippen LogP contribution in [-0.4, -0.2) is 36.3 Å². The van der Waals surface area contributed by atoms with Crippen molar-refractivity contribution in [1.29, 1.82) is 0 Å². The molecule has 18 heavy (non-hydrogen) atoms. The van der Waals surface area contributed by atoms with Gasteiger partial charge in [-0.15, -0.1) is 0 Å². The highest BCUT2D eigenvalue weighted by Crippen LogP contribution is 2.24. The van der Waals surface area contributed by atoms with E-state index in [4.69, 9.17) is 0 Å². The molecule has 0 aliphatic carbocycles. The smallest absolute Gasteiger partial charge is 0.128 e. The number of nitrogens with one attached hydrogen (secondary N) is 1. The van der Waals surface area contributed by atoms with Gasteiger partial charge >= 0.3 is 0 Å². The minimum atomic E-state index is 0.282. The number of hydrogen-bond donors (Lipinski definition) is 2. The monoisotopic (exact) mass is 249 g/mol. The van der Waals surface area contributed by atoms with Crippen LogP contribution in [-0.2, 0) is 0 Å². The molecule has 4 nitrogen and oxygen atoms in total. The Kier molecular flexibility index (Phi) is 4.55. The fourth-order valence-corrected chi connectivity index (χ4v) is 2.49. The fraction of sp³-hybridized carbons (Fsp3) is 0.643. The normalized spacial score (nSPS) is 21.3. The van der Waals surface area contributed by atoms with Crippen LogP contribution in [0.25, 0.3) is 0 Å². The summed E-state index contributed by atoms with van der Waals surface area (Å²) in [5.41, 5.74) is 1.27. The molecule has 0 spiro atoms. The quantitative estimate of drug-likeness (QED) is 0.831. The Labute approximate surface area is 109 Å². The molecule has 0 aromatic carbocycles. The van der Waals surface area contributed by atoms with Crippen molar-refractivity contribution < 1.29 is 5.11 Å². The van der Waals surface area contributed by atoms with Crippen LogP contribution in [0.3, 0.4) is 0 Å². The zero-order valence-corrected chi connectivity index (χ0v) is 11.3. The first-order valence-corrected chi connectivity index (χ1v) is 6.79. The summed E-state index contributed by atoms with van der Waals surface area (Å²) >= 11 is 0. The summed E-state index contributed by atoms with van der Waals surface area (Å²) in [6.45, 7) is 7.45. The minimum absolute atomic E-state index is 0.282. The molecule has 1 aromatic rings. The summed E-state index contributed by atoms with van der Waals surface area (Å²) in [6.07, 6.45) is 2.94. The predicted octanol–water partition coefficient (Wildman–Crippen LogP) is 1.57. The van der Waals surface area contributed by atoms with E-state index in [-0.39, 0.29) is 6.61 Å². The lowest BCUT2D eigenvalue weighted by molar-refractivity contribution is 0.238. The van der Waals surface area contributed by atoms with Crippen LogP contribution in [0.2, 0.25) is 0 Å². The third kappa shape index (κ3) is 3.00. The third-order valence-corrected chi connectivity index (χ3v) is 3.65. The number of aliphatic hydroxyl groups excluding tert-OH is 1. The SMILES string of the molecule is CCNC(C)c1ccnc(N2CCC(CO)C2)c1. The van der Waals surface area contributed by atoms with Crippen molar-refractivity contribution in [1.82, 2.24) is 10.3 Å². The number of rotatable bonds is 5. The Morgan fingerprint density at radius 3 is 3.11 bits per heavy atom. The molecule has 2 unspecified atom stereocenters. The lowest BCUT2D eigenvalue weighted by atomic mass is 10.1. The molecule has 0 amide bonds. The van der Waals surface area contributed by atoms with E-state index in [2.05, 4.69) is 41.2 Å². The number of hydrogen-bond acceptors (Lipinski definition) is 4. The van der Waals surface area contributed by atoms with Crippen LogP contribution in [0.15, 0.2) is 18.3 Å². The molecule has 1 aromatic heterocycles. The summed E-state index contributed by atoms with van der Waals surface area (Å²) < 4.78 is 0. The van der Waals surface area contributed by atoms with Crippen LogP contribution in [0.4, 0.5) is 5.82 Å². The first-order chi connectivity index (χ1) is 8.74. The number of aromatic nitrogens is 1. The molecular weight excluding hydrogens is 226 g/mol. The average Bonchev–Trinajstić information content (AvgIpc) is 2.88. The highest BCUT2D eigenvalue weighted by Gasteiger charge is 2.23. The first kappa shape index (κ1) is 13.3. The molecule has 0 radical (unpaired) electrons. The standard InChI is InChI=1S/C14H23N3O/c1-3-15-11(2)13-4-6-16-14(8-13)17-7-5-12(9-17)10-18/h4,6,8,11-12,15,18H,3,5,7,9-10H2,1-2H3. The maximum absolute atomic E-state index is 9.19. The van der Waals surface area contributed by atoms with Gasteiger partial charge in [0, 0.05) is 37.9 Å². The van der Waals surface area contributed by atoms with Gasteiger partial charge in [0.2, 0.25) is 0 Å². The average molecular weight is 249 g/mol. The molecular formula is C14H23N3O. The summed E-state index contributed by atoms with van der Waals surface area (Å²) in [5, 5.41) is 12.6. The van der Waals surface area contributed by atoms with E-state index in [1.54, 1.807) is 0 Å². The van der Waals surface area contributed by atoms with Crippen LogP contribution < -0.4 is 10.2 Å². The molecule has 1 fully saturated rings. The van der Waals surface area contributed by atoms with Gasteiger partial charge in [0.1, 0.15) is 5.82 Å². The third-order valence-electron chi connectivity index (χ3n) is 3.65. The summed E-state index contributed by atoms with van der Waals surface area (Å²) in [5.74, 6) is 1.44. The van der Waals surface area contributed by atoms with Crippen molar-refractivity contribution in [2.45, 2.75) is 26.3 Å². The molecule has 0 saturated carbocycles. The van der Waals surface area contributed by atoms with E-state index in [0.717, 1.165) is 31.9 Å². The van der Waals surface area contributed by atoms with Crippen molar-refractivity contribution in [3.8, 4) is 0 Å². The maximum atomic E-state index is 9.19. The highest BCUT2D eigenvalue weighted by molar-refractivity contribution is 5.42. The van der Waals surface area contributed by atoms with Crippen molar-refractivity contribution >= 4 is 5.82 Å². The second-order valence-electron chi connectivity index (χ2n) is 5.01. The topological polar surface area (TPSA) is 48.4 Å². The van der Waals surface area contributed by atoms with E-state index in [1.807, 2.05) is 6.20 Å². The minimum Gasteiger partial charge on any atom is -0.396 e. The van der Waals surface area contributed by atoms with Gasteiger partial charge in [-0.05, 0) is 37.6 Å². The summed E-state index contributed by atoms with van der Waals surface area (Å²) in [6, 6.07) is 4.58. The van der Waals surface area contributed by atoms with Gasteiger partial charge in [-0.3, -0.25) is 0 Å². The van der Waals surface area contributed by atoms with Gasteiger partial charge in [-0.25, -0.2) is 4.98 Å². The van der Waals surface area contributed by atoms with E-state index in [0.29, 0.717) is 12.0 Å². The predicted molar refractivity (Wildman–Crippen MR) is 73.7 cm³/mol. The summed E-state index contributed by atoms with van der Waals surface area (Å²) in [7, 11) is 0. The van der Waals surface area contributed by atoms with Crippen LogP contribution in [0, 0.1) is 5.92 Å². The molecule has 2 atom stereocenters. The Bertz CT molecular complexity index is 383. The van der Waals surface area contributed by atoms with E-state index in [9.17, 15) is 5.11 Å². The van der Waals surface area contributed by atoms with Crippen molar-refractivity contribution in [3.63, 3.8) is 0 Å². The lowest BCUT2D eigenvalue weighted by Gasteiger charge is -2.19. The Balaban J connectivity index is 2.08. The highest BCUT2D eigenvalue weighted by atomic mass is 16.3. The lowest BCUT2D eigenvalue weighted by Crippen LogP contribution is -2.23. The maximum Gasteiger partial charge on any atom is 0.128 e. The zero-order chi connectivity index (χ0) is 13.0. The summed E-state index contributed by atoms with van der Waals surface area (Å²) in [4.78, 5) is 6.72. The van der Waals surface area contributed by atoms with Crippen molar-refractivity contribution in [3.05, 3.63) is 23.9 Å². The second-order valence-corrected chi connectivity index (χ2v) is 5.01. The van der Waals surface area contributed by atoms with Gasteiger partial charge in [-0.1, -0.05) is 6.92 Å². The molecule has 4 heteroatoms. The fourth-order valence-electron chi connectivity index (χ4n) is 2.49. The zero-order valence-electron chi connectivity index (χ0n) is 11.3. The molecule has 1 saturated heterocycles. The Hall–Kier alpha value is -1.13. The van der Waals surface area contributed by atoms with Crippen LogP contribution in [0.5, 0.6) is 0 Å². The molecule has 2 N–H and O–H groups in total. The van der Waals surface area contributed by atoms with E-state index < -0.39 is 0 Å². The largest absolute Gasteiger partial charge is 0.396 e. The van der Waals surface area contributed by atoms with E-state index >= 15 is 0 Å². The Morgan fingerprint density at radius 1 is 1.61 bits per heavy atom. The van der Waals surface area contributed by atoms with Crippen LogP contribution in [0.1, 0.15) is 31.9 Å². The van der Waals surface area contributed by atoms with Gasteiger partial charge < -0.3 is 15.3 Å². The van der Waals surface area contributed by atoms with Gasteiger partial charge in [0.15, 0.2) is 0 Å². The van der Waals surface area contributed by atoms with E-state index in [1.165, 1.54) is 5.56 Å². The molecule has 1 aliphatic heterocycles. The number of pyridine rings is 1. The van der Waals surface area contributed by atoms with Crippen molar-refractivity contribution in [2.24, 2.45) is 5.92 Å². The van der Waals surface area contributed by atoms with Crippen LogP contribution >= 0.6 is 0 Å². The molecule has 0 bridgehead atoms. The molecule has 1 aliphatic rings. The van der Waals surface area contributed by atoms with Gasteiger partial charge in [0.05, 0.1) is 0 Å². The molecule has 100 valence electrons. The first-order valence-electron chi connectivity index (χ1n) is 6.79. The Morgan fingerprint density at radius 2 is 2.44 bits per heavy atom. The number of aliphatic hydroxyl groups is 1.